The van der Waals surface area contributed by atoms with E-state index in [1.54, 1.807) is 0 Å². The third-order valence-electron chi connectivity index (χ3n) is 5.74. The molecule has 3 aliphatic rings. The lowest BCUT2D eigenvalue weighted by atomic mass is 10.1. The third kappa shape index (κ3) is 4.00. The third-order valence-corrected chi connectivity index (χ3v) is 5.74. The van der Waals surface area contributed by atoms with Gasteiger partial charge in [0.15, 0.2) is 0 Å². The number of piperazine rings is 1. The van der Waals surface area contributed by atoms with E-state index in [2.05, 4.69) is 27.1 Å². The van der Waals surface area contributed by atoms with E-state index in [4.69, 9.17) is 14.7 Å². The fraction of sp³-hybridized carbons (Fsp3) is 0.737. The Labute approximate surface area is 166 Å². The summed E-state index contributed by atoms with van der Waals surface area (Å²) in [6, 6.07) is -0.00488. The Kier molecular flexibility index (Phi) is 5.82. The van der Waals surface area contributed by atoms with Crippen molar-refractivity contribution in [1.29, 1.82) is 0 Å². The van der Waals surface area contributed by atoms with Gasteiger partial charge in [-0.05, 0) is 14.0 Å². The van der Waals surface area contributed by atoms with E-state index in [0.29, 0.717) is 19.6 Å². The Balaban J connectivity index is 1.65. The van der Waals surface area contributed by atoms with E-state index < -0.39 is 0 Å². The van der Waals surface area contributed by atoms with Crippen LogP contribution in [0, 0.1) is 0 Å². The summed E-state index contributed by atoms with van der Waals surface area (Å²) in [5, 5.41) is 2.92. The van der Waals surface area contributed by atoms with E-state index in [-0.39, 0.29) is 6.03 Å². The number of carbonyl (C=O) groups is 1. The van der Waals surface area contributed by atoms with Gasteiger partial charge >= 0.3 is 6.03 Å². The Morgan fingerprint density at radius 2 is 1.79 bits per heavy atom. The molecule has 1 N–H and O–H groups in total. The van der Waals surface area contributed by atoms with Crippen LogP contribution in [0.1, 0.15) is 18.2 Å². The molecular weight excluding hydrogens is 358 g/mol. The molecular formula is C19H31N7O2. The summed E-state index contributed by atoms with van der Waals surface area (Å²) in [5.41, 5.74) is 2.20. The Morgan fingerprint density at radius 3 is 2.50 bits per heavy atom. The lowest BCUT2D eigenvalue weighted by Gasteiger charge is -2.38. The topological polar surface area (TPSA) is 77.1 Å². The van der Waals surface area contributed by atoms with Gasteiger partial charge in [-0.2, -0.15) is 4.98 Å². The average Bonchev–Trinajstić information content (AvgIpc) is 2.74. The van der Waals surface area contributed by atoms with Gasteiger partial charge < -0.3 is 29.7 Å². The molecule has 0 aliphatic carbocycles. The van der Waals surface area contributed by atoms with Crippen molar-refractivity contribution in [3.8, 4) is 0 Å². The number of hydrogen-bond acceptors (Lipinski definition) is 7. The number of anilines is 2. The number of ether oxygens (including phenoxy) is 1. The average molecular weight is 390 g/mol. The first-order chi connectivity index (χ1) is 13.7. The highest BCUT2D eigenvalue weighted by molar-refractivity contribution is 5.75. The Hall–Kier alpha value is -2.13. The summed E-state index contributed by atoms with van der Waals surface area (Å²) in [7, 11) is 2.16. The minimum absolute atomic E-state index is 0.00488. The van der Waals surface area contributed by atoms with Crippen LogP contribution in [0.4, 0.5) is 16.6 Å². The number of urea groups is 1. The highest BCUT2D eigenvalue weighted by Gasteiger charge is 2.29. The molecule has 1 aromatic rings. The van der Waals surface area contributed by atoms with Crippen molar-refractivity contribution in [2.75, 3.05) is 82.4 Å². The van der Waals surface area contributed by atoms with Gasteiger partial charge in [-0.1, -0.05) is 0 Å². The molecule has 9 nitrogen and oxygen atoms in total. The van der Waals surface area contributed by atoms with Gasteiger partial charge in [-0.15, -0.1) is 0 Å². The number of morpholine rings is 1. The summed E-state index contributed by atoms with van der Waals surface area (Å²) in [6.45, 7) is 10.9. The van der Waals surface area contributed by atoms with Gasteiger partial charge in [0.05, 0.1) is 25.5 Å². The molecule has 2 fully saturated rings. The summed E-state index contributed by atoms with van der Waals surface area (Å²) in [4.78, 5) is 31.1. The minimum atomic E-state index is -0.00488. The van der Waals surface area contributed by atoms with Crippen LogP contribution in [0.15, 0.2) is 0 Å². The second kappa shape index (κ2) is 8.48. The van der Waals surface area contributed by atoms with Crippen molar-refractivity contribution in [3.05, 3.63) is 11.3 Å². The molecule has 154 valence electrons. The molecule has 4 rings (SSSR count). The van der Waals surface area contributed by atoms with Gasteiger partial charge in [0.25, 0.3) is 0 Å². The maximum Gasteiger partial charge on any atom is 0.317 e. The van der Waals surface area contributed by atoms with E-state index in [9.17, 15) is 4.79 Å². The van der Waals surface area contributed by atoms with Gasteiger partial charge in [0, 0.05) is 64.3 Å². The van der Waals surface area contributed by atoms with Crippen LogP contribution in [0.3, 0.4) is 0 Å². The summed E-state index contributed by atoms with van der Waals surface area (Å²) >= 11 is 0. The van der Waals surface area contributed by atoms with Gasteiger partial charge in [-0.25, -0.2) is 9.78 Å². The number of fused-ring (bicyclic) bond motifs is 1. The standard InChI is InChI=1S/C19H31N7O2/c1-3-20-19(27)26-5-4-16-15(14-26)17(24-8-6-23(2)7-9-24)22-18(21-16)25-10-12-28-13-11-25/h3-14H2,1-2H3,(H,20,27). The molecule has 0 atom stereocenters. The molecule has 0 unspecified atom stereocenters. The van der Waals surface area contributed by atoms with Crippen LogP contribution in [0.2, 0.25) is 0 Å². The number of rotatable bonds is 3. The zero-order valence-electron chi connectivity index (χ0n) is 17.0. The summed E-state index contributed by atoms with van der Waals surface area (Å²) in [6.07, 6.45) is 0.771. The molecule has 0 bridgehead atoms. The van der Waals surface area contributed by atoms with Crippen LogP contribution in [-0.2, 0) is 17.7 Å². The molecule has 4 heterocycles. The molecule has 9 heteroatoms. The van der Waals surface area contributed by atoms with Gasteiger partial charge in [0.2, 0.25) is 5.95 Å². The smallest absolute Gasteiger partial charge is 0.317 e. The lowest BCUT2D eigenvalue weighted by Crippen LogP contribution is -2.47. The fourth-order valence-electron chi connectivity index (χ4n) is 4.00. The predicted octanol–water partition coefficient (Wildman–Crippen LogP) is 0.153. The van der Waals surface area contributed by atoms with E-state index >= 15 is 0 Å². The first kappa shape index (κ1) is 19.2. The molecule has 2 amide bonds. The quantitative estimate of drug-likeness (QED) is 0.789. The molecule has 0 radical (unpaired) electrons. The van der Waals surface area contributed by atoms with Gasteiger partial charge in [0.1, 0.15) is 5.82 Å². The predicted molar refractivity (Wildman–Crippen MR) is 108 cm³/mol. The number of hydrogen-bond donors (Lipinski definition) is 1. The molecule has 0 spiro atoms. The summed E-state index contributed by atoms with van der Waals surface area (Å²) in [5.74, 6) is 1.82. The van der Waals surface area contributed by atoms with Crippen molar-refractivity contribution < 1.29 is 9.53 Å². The Morgan fingerprint density at radius 1 is 1.04 bits per heavy atom. The first-order valence-corrected chi connectivity index (χ1v) is 10.3. The van der Waals surface area contributed by atoms with Crippen molar-refractivity contribution >= 4 is 17.8 Å². The van der Waals surface area contributed by atoms with E-state index in [1.807, 2.05) is 11.8 Å². The maximum absolute atomic E-state index is 12.4. The minimum Gasteiger partial charge on any atom is -0.378 e. The second-order valence-electron chi connectivity index (χ2n) is 7.67. The molecule has 2 saturated heterocycles. The number of amides is 2. The molecule has 0 saturated carbocycles. The van der Waals surface area contributed by atoms with Crippen LogP contribution in [0.25, 0.3) is 0 Å². The molecule has 0 aromatic carbocycles. The Bertz CT molecular complexity index is 700. The second-order valence-corrected chi connectivity index (χ2v) is 7.67. The highest BCUT2D eigenvalue weighted by atomic mass is 16.5. The highest BCUT2D eigenvalue weighted by Crippen LogP contribution is 2.30. The first-order valence-electron chi connectivity index (χ1n) is 10.3. The largest absolute Gasteiger partial charge is 0.378 e. The number of likely N-dealkylation sites (N-methyl/N-ethyl adjacent to an activating group) is 1. The number of aromatic nitrogens is 2. The molecule has 3 aliphatic heterocycles. The maximum atomic E-state index is 12.4. The molecule has 1 aromatic heterocycles. The van der Waals surface area contributed by atoms with Gasteiger partial charge in [-0.3, -0.25) is 0 Å². The van der Waals surface area contributed by atoms with Crippen molar-refractivity contribution in [2.24, 2.45) is 0 Å². The number of nitrogens with zero attached hydrogens (tertiary/aromatic N) is 6. The lowest BCUT2D eigenvalue weighted by molar-refractivity contribution is 0.122. The van der Waals surface area contributed by atoms with E-state index in [0.717, 1.165) is 81.9 Å². The zero-order valence-corrected chi connectivity index (χ0v) is 17.0. The van der Waals surface area contributed by atoms with E-state index in [1.165, 1.54) is 0 Å². The number of nitrogens with one attached hydrogen (secondary N) is 1. The van der Waals surface area contributed by atoms with Crippen molar-refractivity contribution in [1.82, 2.24) is 25.1 Å². The van der Waals surface area contributed by atoms with Crippen molar-refractivity contribution in [3.63, 3.8) is 0 Å². The van der Waals surface area contributed by atoms with Crippen LogP contribution < -0.4 is 15.1 Å². The fourth-order valence-corrected chi connectivity index (χ4v) is 4.00. The SMILES string of the molecule is CCNC(=O)N1CCc2nc(N3CCOCC3)nc(N3CCN(C)CC3)c2C1. The monoisotopic (exact) mass is 389 g/mol. The van der Waals surface area contributed by atoms with Crippen molar-refractivity contribution in [2.45, 2.75) is 19.9 Å². The number of carbonyl (C=O) groups excluding carboxylic acids is 1. The normalized spacial score (nSPS) is 20.9. The van der Waals surface area contributed by atoms with Crippen LogP contribution in [-0.4, -0.2) is 98.4 Å². The summed E-state index contributed by atoms with van der Waals surface area (Å²) < 4.78 is 5.49. The van der Waals surface area contributed by atoms with Crippen LogP contribution in [0.5, 0.6) is 0 Å². The zero-order chi connectivity index (χ0) is 19.5. The van der Waals surface area contributed by atoms with Crippen LogP contribution >= 0.6 is 0 Å². The molecule has 28 heavy (non-hydrogen) atoms.